The molecule has 0 aromatic heterocycles. The van der Waals surface area contributed by atoms with Gasteiger partial charge in [0, 0.05) is 4.47 Å². The number of aromatic carboxylic acids is 1. The first-order chi connectivity index (χ1) is 7.70. The SMILES string of the molecule is COc1cc(Br)c(C(=O)O)c(F)c1C(F)(F)F. The lowest BCUT2D eigenvalue weighted by atomic mass is 10.1. The lowest BCUT2D eigenvalue weighted by Gasteiger charge is -2.15. The molecule has 1 aromatic rings. The Balaban J connectivity index is 3.68. The van der Waals surface area contributed by atoms with E-state index in [-0.39, 0.29) is 4.47 Å². The highest BCUT2D eigenvalue weighted by Crippen LogP contribution is 2.41. The second-order valence-electron chi connectivity index (χ2n) is 2.93. The van der Waals surface area contributed by atoms with E-state index < -0.39 is 34.8 Å². The summed E-state index contributed by atoms with van der Waals surface area (Å²) in [6.45, 7) is 0. The van der Waals surface area contributed by atoms with Gasteiger partial charge in [0.05, 0.1) is 7.11 Å². The molecular weight excluding hydrogens is 312 g/mol. The van der Waals surface area contributed by atoms with E-state index in [0.717, 1.165) is 13.2 Å². The Morgan fingerprint density at radius 3 is 2.35 bits per heavy atom. The topological polar surface area (TPSA) is 46.5 Å². The molecule has 0 aliphatic heterocycles. The van der Waals surface area contributed by atoms with Gasteiger partial charge in [0.2, 0.25) is 0 Å². The summed E-state index contributed by atoms with van der Waals surface area (Å²) in [7, 11) is 0.927. The molecule has 8 heteroatoms. The lowest BCUT2D eigenvalue weighted by molar-refractivity contribution is -0.141. The number of halogens is 5. The maximum Gasteiger partial charge on any atom is 0.422 e. The highest BCUT2D eigenvalue weighted by Gasteiger charge is 2.40. The Bertz CT molecular complexity index is 470. The Hall–Kier alpha value is -1.31. The van der Waals surface area contributed by atoms with Crippen molar-refractivity contribution in [3.63, 3.8) is 0 Å². The summed E-state index contributed by atoms with van der Waals surface area (Å²) in [6.07, 6.45) is -5.04. The monoisotopic (exact) mass is 316 g/mol. The quantitative estimate of drug-likeness (QED) is 0.851. The van der Waals surface area contributed by atoms with Crippen LogP contribution in [0.4, 0.5) is 17.6 Å². The molecule has 0 fully saturated rings. The summed E-state index contributed by atoms with van der Waals surface area (Å²) in [4.78, 5) is 10.6. The Morgan fingerprint density at radius 2 is 2.00 bits per heavy atom. The summed E-state index contributed by atoms with van der Waals surface area (Å²) >= 11 is 2.67. The van der Waals surface area contributed by atoms with Gasteiger partial charge in [-0.1, -0.05) is 0 Å². The summed E-state index contributed by atoms with van der Waals surface area (Å²) in [5.74, 6) is -4.47. The molecule has 3 nitrogen and oxygen atoms in total. The number of carboxylic acid groups (broad SMARTS) is 1. The molecule has 0 aliphatic rings. The maximum atomic E-state index is 13.5. The van der Waals surface area contributed by atoms with Crippen molar-refractivity contribution in [3.05, 3.63) is 27.5 Å². The molecule has 1 rings (SSSR count). The Morgan fingerprint density at radius 1 is 1.47 bits per heavy atom. The van der Waals surface area contributed by atoms with Crippen LogP contribution in [0, 0.1) is 5.82 Å². The number of rotatable bonds is 2. The molecule has 0 amide bonds. The lowest BCUT2D eigenvalue weighted by Crippen LogP contribution is -2.15. The average Bonchev–Trinajstić information content (AvgIpc) is 2.13. The first-order valence-corrected chi connectivity index (χ1v) is 4.86. The van der Waals surface area contributed by atoms with Gasteiger partial charge < -0.3 is 9.84 Å². The smallest absolute Gasteiger partial charge is 0.422 e. The van der Waals surface area contributed by atoms with Gasteiger partial charge in [-0.15, -0.1) is 0 Å². The van der Waals surface area contributed by atoms with Gasteiger partial charge in [0.1, 0.15) is 16.9 Å². The number of ether oxygens (including phenoxy) is 1. The van der Waals surface area contributed by atoms with Crippen LogP contribution in [0.25, 0.3) is 0 Å². The third-order valence-corrected chi connectivity index (χ3v) is 2.52. The number of carboxylic acids is 1. The van der Waals surface area contributed by atoms with Crippen LogP contribution in [0.1, 0.15) is 15.9 Å². The zero-order chi connectivity index (χ0) is 13.4. The van der Waals surface area contributed by atoms with Crippen LogP contribution in [0.5, 0.6) is 5.75 Å². The van der Waals surface area contributed by atoms with E-state index in [2.05, 4.69) is 20.7 Å². The molecule has 0 saturated heterocycles. The van der Waals surface area contributed by atoms with Crippen molar-refractivity contribution in [2.24, 2.45) is 0 Å². The van der Waals surface area contributed by atoms with E-state index in [1.54, 1.807) is 0 Å². The number of alkyl halides is 3. The predicted octanol–water partition coefficient (Wildman–Crippen LogP) is 3.31. The number of hydrogen-bond donors (Lipinski definition) is 1. The van der Waals surface area contributed by atoms with Crippen LogP contribution in [0.15, 0.2) is 10.5 Å². The molecule has 0 atom stereocenters. The van der Waals surface area contributed by atoms with Gasteiger partial charge in [-0.05, 0) is 22.0 Å². The molecule has 0 unspecified atom stereocenters. The zero-order valence-electron chi connectivity index (χ0n) is 8.23. The third kappa shape index (κ3) is 2.51. The molecule has 94 valence electrons. The van der Waals surface area contributed by atoms with Gasteiger partial charge in [0.15, 0.2) is 5.82 Å². The van der Waals surface area contributed by atoms with Crippen molar-refractivity contribution in [2.75, 3.05) is 7.11 Å². The largest absolute Gasteiger partial charge is 0.496 e. The van der Waals surface area contributed by atoms with Crippen LogP contribution >= 0.6 is 15.9 Å². The van der Waals surface area contributed by atoms with Crippen molar-refractivity contribution in [1.29, 1.82) is 0 Å². The van der Waals surface area contributed by atoms with Gasteiger partial charge in [-0.3, -0.25) is 0 Å². The fourth-order valence-electron chi connectivity index (χ4n) is 1.22. The average molecular weight is 317 g/mol. The van der Waals surface area contributed by atoms with Crippen molar-refractivity contribution >= 4 is 21.9 Å². The molecule has 0 heterocycles. The normalized spacial score (nSPS) is 11.4. The minimum Gasteiger partial charge on any atom is -0.496 e. The van der Waals surface area contributed by atoms with Crippen LogP contribution in [-0.4, -0.2) is 18.2 Å². The molecule has 17 heavy (non-hydrogen) atoms. The van der Waals surface area contributed by atoms with Gasteiger partial charge >= 0.3 is 12.1 Å². The fraction of sp³-hybridized carbons (Fsp3) is 0.222. The molecule has 1 N–H and O–H groups in total. The predicted molar refractivity (Wildman–Crippen MR) is 52.6 cm³/mol. The van der Waals surface area contributed by atoms with Crippen LogP contribution in [0.2, 0.25) is 0 Å². The van der Waals surface area contributed by atoms with E-state index in [1.807, 2.05) is 0 Å². The summed E-state index contributed by atoms with van der Waals surface area (Å²) < 4.78 is 55.2. The number of hydrogen-bond acceptors (Lipinski definition) is 2. The maximum absolute atomic E-state index is 13.5. The molecule has 0 saturated carbocycles. The summed E-state index contributed by atoms with van der Waals surface area (Å²) in [6, 6.07) is 0.759. The van der Waals surface area contributed by atoms with E-state index in [0.29, 0.717) is 0 Å². The molecule has 0 radical (unpaired) electrons. The Kier molecular flexibility index (Phi) is 3.65. The van der Waals surface area contributed by atoms with Crippen molar-refractivity contribution < 1.29 is 32.2 Å². The first-order valence-electron chi connectivity index (χ1n) is 4.06. The van der Waals surface area contributed by atoms with Gasteiger partial charge in [-0.25, -0.2) is 9.18 Å². The number of benzene rings is 1. The molecular formula is C9H5BrF4O3. The molecule has 0 aliphatic carbocycles. The van der Waals surface area contributed by atoms with Crippen molar-refractivity contribution in [2.45, 2.75) is 6.18 Å². The molecule has 1 aromatic carbocycles. The highest BCUT2D eigenvalue weighted by atomic mass is 79.9. The van der Waals surface area contributed by atoms with E-state index in [1.165, 1.54) is 0 Å². The second-order valence-corrected chi connectivity index (χ2v) is 3.78. The van der Waals surface area contributed by atoms with Gasteiger partial charge in [-0.2, -0.15) is 13.2 Å². The Labute approximate surface area is 101 Å². The van der Waals surface area contributed by atoms with E-state index >= 15 is 0 Å². The molecule has 0 spiro atoms. The molecule has 0 bridgehead atoms. The number of methoxy groups -OCH3 is 1. The highest BCUT2D eigenvalue weighted by molar-refractivity contribution is 9.10. The standard InChI is InChI=1S/C9H5BrF4O3/c1-17-4-2-3(10)5(8(15)16)7(11)6(4)9(12,13)14/h2H,1H3,(H,15,16). The van der Waals surface area contributed by atoms with Crippen molar-refractivity contribution in [3.8, 4) is 5.75 Å². The third-order valence-electron chi connectivity index (χ3n) is 1.90. The van der Waals surface area contributed by atoms with Crippen LogP contribution in [0.3, 0.4) is 0 Å². The van der Waals surface area contributed by atoms with E-state index in [4.69, 9.17) is 5.11 Å². The summed E-state index contributed by atoms with van der Waals surface area (Å²) in [5.41, 5.74) is -2.82. The van der Waals surface area contributed by atoms with Crippen molar-refractivity contribution in [1.82, 2.24) is 0 Å². The van der Waals surface area contributed by atoms with Crippen LogP contribution < -0.4 is 4.74 Å². The minimum atomic E-state index is -5.04. The summed E-state index contributed by atoms with van der Waals surface area (Å²) in [5, 5.41) is 8.62. The first kappa shape index (κ1) is 13.8. The number of carbonyl (C=O) groups is 1. The zero-order valence-corrected chi connectivity index (χ0v) is 9.82. The van der Waals surface area contributed by atoms with Crippen LogP contribution in [-0.2, 0) is 6.18 Å². The fourth-order valence-corrected chi connectivity index (χ4v) is 1.77. The van der Waals surface area contributed by atoms with Gasteiger partial charge in [0.25, 0.3) is 0 Å². The van der Waals surface area contributed by atoms with E-state index in [9.17, 15) is 22.4 Å². The minimum absolute atomic E-state index is 0.327. The second kappa shape index (κ2) is 4.52.